The molecule has 2 unspecified atom stereocenters. The normalized spacial score (nSPS) is 15.1. The van der Waals surface area contributed by atoms with Crippen LogP contribution in [0.4, 0.5) is 0 Å². The zero-order chi connectivity index (χ0) is 10.3. The van der Waals surface area contributed by atoms with Crippen LogP contribution in [0.3, 0.4) is 0 Å². The Balaban J connectivity index is 3.83. The van der Waals surface area contributed by atoms with Gasteiger partial charge in [0.15, 0.2) is 0 Å². The van der Waals surface area contributed by atoms with E-state index in [1.807, 2.05) is 13.8 Å². The van der Waals surface area contributed by atoms with Crippen molar-refractivity contribution in [1.82, 2.24) is 5.32 Å². The number of carbonyl (C=O) groups excluding carboxylic acids is 1. The molecule has 0 aromatic rings. The SMILES string of the molecule is CCCC(C)OC(=O)C(CC)NC. The third kappa shape index (κ3) is 4.88. The first-order valence-electron chi connectivity index (χ1n) is 5.03. The molecular weight excluding hydrogens is 166 g/mol. The Morgan fingerprint density at radius 3 is 2.46 bits per heavy atom. The van der Waals surface area contributed by atoms with Crippen LogP contribution in [-0.4, -0.2) is 25.2 Å². The quantitative estimate of drug-likeness (QED) is 0.643. The van der Waals surface area contributed by atoms with E-state index in [4.69, 9.17) is 4.74 Å². The Bertz CT molecular complexity index is 144. The van der Waals surface area contributed by atoms with Gasteiger partial charge in [0.2, 0.25) is 0 Å². The molecule has 0 heterocycles. The highest BCUT2D eigenvalue weighted by Gasteiger charge is 2.17. The Hall–Kier alpha value is -0.570. The standard InChI is InChI=1S/C10H21NO2/c1-5-7-8(3)13-10(12)9(6-2)11-4/h8-9,11H,5-7H2,1-4H3. The minimum Gasteiger partial charge on any atom is -0.462 e. The van der Waals surface area contributed by atoms with Crippen molar-refractivity contribution in [2.45, 2.75) is 52.2 Å². The van der Waals surface area contributed by atoms with Crippen molar-refractivity contribution in [3.8, 4) is 0 Å². The van der Waals surface area contributed by atoms with E-state index in [1.54, 1.807) is 7.05 Å². The smallest absolute Gasteiger partial charge is 0.323 e. The van der Waals surface area contributed by atoms with Crippen LogP contribution in [0.15, 0.2) is 0 Å². The molecule has 0 aliphatic carbocycles. The van der Waals surface area contributed by atoms with Gasteiger partial charge in [0.25, 0.3) is 0 Å². The Kier molecular flexibility index (Phi) is 6.59. The fourth-order valence-electron chi connectivity index (χ4n) is 1.23. The number of hydrogen-bond acceptors (Lipinski definition) is 3. The second-order valence-corrected chi connectivity index (χ2v) is 3.29. The summed E-state index contributed by atoms with van der Waals surface area (Å²) in [6.45, 7) is 5.98. The first-order chi connectivity index (χ1) is 6.15. The summed E-state index contributed by atoms with van der Waals surface area (Å²) < 4.78 is 5.23. The predicted octanol–water partition coefficient (Wildman–Crippen LogP) is 1.72. The van der Waals surface area contributed by atoms with Gasteiger partial charge in [-0.3, -0.25) is 4.79 Å². The third-order valence-corrected chi connectivity index (χ3v) is 2.05. The molecule has 78 valence electrons. The summed E-state index contributed by atoms with van der Waals surface area (Å²) in [6.07, 6.45) is 2.80. The van der Waals surface area contributed by atoms with Crippen molar-refractivity contribution in [1.29, 1.82) is 0 Å². The minimum absolute atomic E-state index is 0.0416. The van der Waals surface area contributed by atoms with Crippen LogP contribution in [0.5, 0.6) is 0 Å². The molecule has 0 fully saturated rings. The molecule has 1 N–H and O–H groups in total. The summed E-state index contributed by atoms with van der Waals surface area (Å²) in [5, 5.41) is 2.92. The van der Waals surface area contributed by atoms with Gasteiger partial charge in [0, 0.05) is 0 Å². The van der Waals surface area contributed by atoms with Gasteiger partial charge < -0.3 is 10.1 Å². The topological polar surface area (TPSA) is 38.3 Å². The van der Waals surface area contributed by atoms with Crippen LogP contribution >= 0.6 is 0 Å². The molecule has 0 aliphatic heterocycles. The number of hydrogen-bond donors (Lipinski definition) is 1. The van der Waals surface area contributed by atoms with Gasteiger partial charge in [-0.05, 0) is 26.8 Å². The number of nitrogens with one attached hydrogen (secondary N) is 1. The Morgan fingerprint density at radius 1 is 1.46 bits per heavy atom. The number of rotatable bonds is 6. The summed E-state index contributed by atoms with van der Waals surface area (Å²) in [5.74, 6) is -0.133. The predicted molar refractivity (Wildman–Crippen MR) is 53.6 cm³/mol. The molecule has 13 heavy (non-hydrogen) atoms. The lowest BCUT2D eigenvalue weighted by Gasteiger charge is -2.17. The van der Waals surface area contributed by atoms with Crippen molar-refractivity contribution >= 4 is 5.97 Å². The fraction of sp³-hybridized carbons (Fsp3) is 0.900. The lowest BCUT2D eigenvalue weighted by Crippen LogP contribution is -2.36. The van der Waals surface area contributed by atoms with Crippen LogP contribution in [-0.2, 0) is 9.53 Å². The Morgan fingerprint density at radius 2 is 2.08 bits per heavy atom. The summed E-state index contributed by atoms with van der Waals surface area (Å²) in [4.78, 5) is 11.4. The maximum atomic E-state index is 11.4. The largest absolute Gasteiger partial charge is 0.462 e. The van der Waals surface area contributed by atoms with Crippen molar-refractivity contribution in [2.24, 2.45) is 0 Å². The van der Waals surface area contributed by atoms with Gasteiger partial charge in [-0.25, -0.2) is 0 Å². The summed E-state index contributed by atoms with van der Waals surface area (Å²) in [6, 6.07) is -0.153. The summed E-state index contributed by atoms with van der Waals surface area (Å²) in [7, 11) is 1.78. The first kappa shape index (κ1) is 12.4. The molecular formula is C10H21NO2. The number of carbonyl (C=O) groups is 1. The maximum Gasteiger partial charge on any atom is 0.323 e. The summed E-state index contributed by atoms with van der Waals surface area (Å²) >= 11 is 0. The average Bonchev–Trinajstić information content (AvgIpc) is 2.06. The van der Waals surface area contributed by atoms with E-state index in [-0.39, 0.29) is 18.1 Å². The number of esters is 1. The molecule has 0 radical (unpaired) electrons. The highest BCUT2D eigenvalue weighted by atomic mass is 16.5. The van der Waals surface area contributed by atoms with Gasteiger partial charge in [-0.1, -0.05) is 20.3 Å². The van der Waals surface area contributed by atoms with Gasteiger partial charge in [-0.15, -0.1) is 0 Å². The second kappa shape index (κ2) is 6.89. The zero-order valence-electron chi connectivity index (χ0n) is 9.09. The Labute approximate surface area is 80.8 Å². The highest BCUT2D eigenvalue weighted by molar-refractivity contribution is 5.75. The average molecular weight is 187 g/mol. The number of ether oxygens (including phenoxy) is 1. The molecule has 0 amide bonds. The molecule has 0 saturated heterocycles. The van der Waals surface area contributed by atoms with E-state index in [0.29, 0.717) is 0 Å². The summed E-state index contributed by atoms with van der Waals surface area (Å²) in [5.41, 5.74) is 0. The molecule has 0 rings (SSSR count). The molecule has 0 aromatic carbocycles. The van der Waals surface area contributed by atoms with Gasteiger partial charge >= 0.3 is 5.97 Å². The van der Waals surface area contributed by atoms with Crippen LogP contribution in [0.25, 0.3) is 0 Å². The van der Waals surface area contributed by atoms with Gasteiger partial charge in [0.1, 0.15) is 6.04 Å². The minimum atomic E-state index is -0.153. The highest BCUT2D eigenvalue weighted by Crippen LogP contribution is 2.03. The van der Waals surface area contributed by atoms with Crippen molar-refractivity contribution in [3.05, 3.63) is 0 Å². The van der Waals surface area contributed by atoms with Crippen LogP contribution in [0.2, 0.25) is 0 Å². The molecule has 0 spiro atoms. The molecule has 0 aromatic heterocycles. The van der Waals surface area contributed by atoms with Crippen molar-refractivity contribution < 1.29 is 9.53 Å². The molecule has 3 nitrogen and oxygen atoms in total. The van der Waals surface area contributed by atoms with E-state index in [9.17, 15) is 4.79 Å². The van der Waals surface area contributed by atoms with Crippen molar-refractivity contribution in [3.63, 3.8) is 0 Å². The van der Waals surface area contributed by atoms with Gasteiger partial charge in [0.05, 0.1) is 6.10 Å². The van der Waals surface area contributed by atoms with Crippen LogP contribution < -0.4 is 5.32 Å². The van der Waals surface area contributed by atoms with E-state index in [1.165, 1.54) is 0 Å². The molecule has 2 atom stereocenters. The fourth-order valence-corrected chi connectivity index (χ4v) is 1.23. The second-order valence-electron chi connectivity index (χ2n) is 3.29. The van der Waals surface area contributed by atoms with Crippen LogP contribution in [0, 0.1) is 0 Å². The van der Waals surface area contributed by atoms with E-state index < -0.39 is 0 Å². The molecule has 0 bridgehead atoms. The maximum absolute atomic E-state index is 11.4. The molecule has 3 heteroatoms. The third-order valence-electron chi connectivity index (χ3n) is 2.05. The molecule has 0 saturated carbocycles. The lowest BCUT2D eigenvalue weighted by molar-refractivity contribution is -0.151. The van der Waals surface area contributed by atoms with E-state index in [2.05, 4.69) is 12.2 Å². The number of likely N-dealkylation sites (N-methyl/N-ethyl adjacent to an activating group) is 1. The zero-order valence-corrected chi connectivity index (χ0v) is 9.09. The lowest BCUT2D eigenvalue weighted by atomic mass is 10.2. The van der Waals surface area contributed by atoms with E-state index >= 15 is 0 Å². The van der Waals surface area contributed by atoms with Crippen LogP contribution in [0.1, 0.15) is 40.0 Å². The van der Waals surface area contributed by atoms with Gasteiger partial charge in [-0.2, -0.15) is 0 Å². The van der Waals surface area contributed by atoms with Crippen molar-refractivity contribution in [2.75, 3.05) is 7.05 Å². The van der Waals surface area contributed by atoms with E-state index in [0.717, 1.165) is 19.3 Å². The monoisotopic (exact) mass is 187 g/mol. The molecule has 0 aliphatic rings. The first-order valence-corrected chi connectivity index (χ1v) is 5.03.